The Morgan fingerprint density at radius 1 is 1.25 bits per heavy atom. The maximum Gasteiger partial charge on any atom is 0.217 e. The van der Waals surface area contributed by atoms with E-state index in [1.54, 1.807) is 10.4 Å². The number of ether oxygens (including phenoxy) is 1. The van der Waals surface area contributed by atoms with Gasteiger partial charge in [0.25, 0.3) is 0 Å². The predicted octanol–water partition coefficient (Wildman–Crippen LogP) is 1.04. The minimum Gasteiger partial charge on any atom is -0.473 e. The fourth-order valence-electron chi connectivity index (χ4n) is 2.52. The molecule has 2 aliphatic rings. The van der Waals surface area contributed by atoms with E-state index in [0.29, 0.717) is 31.2 Å². The van der Waals surface area contributed by atoms with Crippen LogP contribution in [-0.2, 0) is 10.0 Å². The van der Waals surface area contributed by atoms with Gasteiger partial charge < -0.3 is 4.74 Å². The number of sulfonamides is 1. The molecule has 1 aliphatic carbocycles. The van der Waals surface area contributed by atoms with E-state index < -0.39 is 10.0 Å². The molecule has 1 aliphatic heterocycles. The van der Waals surface area contributed by atoms with E-state index in [-0.39, 0.29) is 11.4 Å². The van der Waals surface area contributed by atoms with Gasteiger partial charge in [0.05, 0.1) is 11.8 Å². The van der Waals surface area contributed by atoms with Crippen LogP contribution in [0.2, 0.25) is 0 Å². The second-order valence-electron chi connectivity index (χ2n) is 5.53. The summed E-state index contributed by atoms with van der Waals surface area (Å²) in [5.74, 6) is 1.20. The highest BCUT2D eigenvalue weighted by Crippen LogP contribution is 2.33. The van der Waals surface area contributed by atoms with Crippen LogP contribution in [0.3, 0.4) is 0 Å². The molecule has 1 saturated carbocycles. The molecule has 0 aromatic carbocycles. The minimum atomic E-state index is -3.09. The van der Waals surface area contributed by atoms with E-state index >= 15 is 0 Å². The molecule has 1 saturated heterocycles. The molecule has 1 atom stereocenters. The van der Waals surface area contributed by atoms with Crippen molar-refractivity contribution in [1.29, 1.82) is 0 Å². The molecule has 7 heteroatoms. The lowest BCUT2D eigenvalue weighted by Gasteiger charge is -2.16. The molecule has 2 heterocycles. The van der Waals surface area contributed by atoms with Crippen molar-refractivity contribution in [3.63, 3.8) is 0 Å². The molecule has 1 aromatic heterocycles. The van der Waals surface area contributed by atoms with Crippen LogP contribution in [0.5, 0.6) is 5.88 Å². The first kappa shape index (κ1) is 13.8. The summed E-state index contributed by atoms with van der Waals surface area (Å²) >= 11 is 0. The van der Waals surface area contributed by atoms with Crippen LogP contribution in [0.15, 0.2) is 6.07 Å². The maximum atomic E-state index is 12.1. The standard InChI is InChI=1S/C13H19N3O3S/c1-9-7-13(15-10(2)14-9)19-11-5-6-16(8-11)20(17,18)12-3-4-12/h7,11-12H,3-6,8H2,1-2H3/t11-/m0/s1. The largest absolute Gasteiger partial charge is 0.473 e. The zero-order valence-corrected chi connectivity index (χ0v) is 12.6. The van der Waals surface area contributed by atoms with Gasteiger partial charge in [0, 0.05) is 18.3 Å². The second-order valence-corrected chi connectivity index (χ2v) is 7.74. The van der Waals surface area contributed by atoms with Crippen LogP contribution in [-0.4, -0.2) is 47.1 Å². The number of aryl methyl sites for hydroxylation is 2. The molecular weight excluding hydrogens is 278 g/mol. The third-order valence-electron chi connectivity index (χ3n) is 3.64. The quantitative estimate of drug-likeness (QED) is 0.830. The fourth-order valence-corrected chi connectivity index (χ4v) is 4.40. The molecule has 20 heavy (non-hydrogen) atoms. The SMILES string of the molecule is Cc1cc(O[C@H]2CCN(S(=O)(=O)C3CC3)C2)nc(C)n1. The number of aromatic nitrogens is 2. The van der Waals surface area contributed by atoms with E-state index in [0.717, 1.165) is 18.5 Å². The highest BCUT2D eigenvalue weighted by atomic mass is 32.2. The van der Waals surface area contributed by atoms with Gasteiger partial charge in [-0.1, -0.05) is 0 Å². The van der Waals surface area contributed by atoms with Gasteiger partial charge in [-0.15, -0.1) is 0 Å². The Labute approximate surface area is 119 Å². The summed E-state index contributed by atoms with van der Waals surface area (Å²) < 4.78 is 31.7. The first-order valence-electron chi connectivity index (χ1n) is 6.93. The Hall–Kier alpha value is -1.21. The van der Waals surface area contributed by atoms with Gasteiger partial charge >= 0.3 is 0 Å². The third-order valence-corrected chi connectivity index (χ3v) is 6.01. The zero-order chi connectivity index (χ0) is 14.3. The Kier molecular flexibility index (Phi) is 3.41. The molecule has 2 fully saturated rings. The van der Waals surface area contributed by atoms with Crippen molar-refractivity contribution in [2.75, 3.05) is 13.1 Å². The van der Waals surface area contributed by atoms with Crippen LogP contribution in [0, 0.1) is 13.8 Å². The maximum absolute atomic E-state index is 12.1. The Morgan fingerprint density at radius 2 is 2.00 bits per heavy atom. The van der Waals surface area contributed by atoms with Crippen molar-refractivity contribution >= 4 is 10.0 Å². The Balaban J connectivity index is 1.65. The van der Waals surface area contributed by atoms with Crippen LogP contribution >= 0.6 is 0 Å². The summed E-state index contributed by atoms with van der Waals surface area (Å²) in [7, 11) is -3.09. The summed E-state index contributed by atoms with van der Waals surface area (Å²) in [6, 6.07) is 1.78. The summed E-state index contributed by atoms with van der Waals surface area (Å²) in [5.41, 5.74) is 0.855. The predicted molar refractivity (Wildman–Crippen MR) is 74.1 cm³/mol. The van der Waals surface area contributed by atoms with Gasteiger partial charge in [0.2, 0.25) is 15.9 Å². The number of hydrogen-bond donors (Lipinski definition) is 0. The highest BCUT2D eigenvalue weighted by Gasteiger charge is 2.43. The Morgan fingerprint density at radius 3 is 2.65 bits per heavy atom. The average molecular weight is 297 g/mol. The molecule has 1 aromatic rings. The van der Waals surface area contributed by atoms with E-state index in [1.165, 1.54) is 0 Å². The van der Waals surface area contributed by atoms with Crippen molar-refractivity contribution in [1.82, 2.24) is 14.3 Å². The number of nitrogens with zero attached hydrogens (tertiary/aromatic N) is 3. The molecule has 0 radical (unpaired) electrons. The van der Waals surface area contributed by atoms with Gasteiger partial charge in [0.15, 0.2) is 0 Å². The molecule has 3 rings (SSSR count). The lowest BCUT2D eigenvalue weighted by Crippen LogP contribution is -2.33. The van der Waals surface area contributed by atoms with E-state index in [1.807, 2.05) is 13.8 Å². The van der Waals surface area contributed by atoms with Gasteiger partial charge in [-0.25, -0.2) is 13.4 Å². The smallest absolute Gasteiger partial charge is 0.217 e. The van der Waals surface area contributed by atoms with Crippen molar-refractivity contribution in [2.45, 2.75) is 44.5 Å². The molecule has 0 unspecified atom stereocenters. The van der Waals surface area contributed by atoms with Crippen molar-refractivity contribution < 1.29 is 13.2 Å². The van der Waals surface area contributed by atoms with E-state index in [9.17, 15) is 8.42 Å². The second kappa shape index (κ2) is 4.96. The van der Waals surface area contributed by atoms with Crippen LogP contribution in [0.25, 0.3) is 0 Å². The molecule has 6 nitrogen and oxygen atoms in total. The number of rotatable bonds is 4. The van der Waals surface area contributed by atoms with Crippen molar-refractivity contribution in [2.24, 2.45) is 0 Å². The summed E-state index contributed by atoms with van der Waals surface area (Å²) in [4.78, 5) is 8.43. The first-order chi connectivity index (χ1) is 9.45. The van der Waals surface area contributed by atoms with Gasteiger partial charge in [-0.2, -0.15) is 9.29 Å². The first-order valence-corrected chi connectivity index (χ1v) is 8.43. The van der Waals surface area contributed by atoms with Crippen LogP contribution < -0.4 is 4.74 Å². The summed E-state index contributed by atoms with van der Waals surface area (Å²) in [6.07, 6.45) is 2.20. The fraction of sp³-hybridized carbons (Fsp3) is 0.692. The molecule has 110 valence electrons. The summed E-state index contributed by atoms with van der Waals surface area (Å²) in [6.45, 7) is 4.69. The van der Waals surface area contributed by atoms with E-state index in [2.05, 4.69) is 9.97 Å². The summed E-state index contributed by atoms with van der Waals surface area (Å²) in [5, 5.41) is -0.148. The lowest BCUT2D eigenvalue weighted by atomic mass is 10.3. The van der Waals surface area contributed by atoms with Crippen molar-refractivity contribution in [3.8, 4) is 5.88 Å². The molecule has 0 N–H and O–H groups in total. The molecular formula is C13H19N3O3S. The molecule has 0 amide bonds. The highest BCUT2D eigenvalue weighted by molar-refractivity contribution is 7.90. The number of hydrogen-bond acceptors (Lipinski definition) is 5. The van der Waals surface area contributed by atoms with E-state index in [4.69, 9.17) is 4.74 Å². The minimum absolute atomic E-state index is 0.114. The topological polar surface area (TPSA) is 72.4 Å². The van der Waals surface area contributed by atoms with Crippen molar-refractivity contribution in [3.05, 3.63) is 17.6 Å². The van der Waals surface area contributed by atoms with Crippen LogP contribution in [0.1, 0.15) is 30.8 Å². The third kappa shape index (κ3) is 2.78. The lowest BCUT2D eigenvalue weighted by molar-refractivity contribution is 0.206. The zero-order valence-electron chi connectivity index (χ0n) is 11.7. The van der Waals surface area contributed by atoms with Gasteiger partial charge in [-0.05, 0) is 33.1 Å². The van der Waals surface area contributed by atoms with Gasteiger partial charge in [-0.3, -0.25) is 0 Å². The molecule has 0 spiro atoms. The van der Waals surface area contributed by atoms with Gasteiger partial charge in [0.1, 0.15) is 11.9 Å². The normalized spacial score (nSPS) is 24.0. The van der Waals surface area contributed by atoms with Crippen LogP contribution in [0.4, 0.5) is 0 Å². The average Bonchev–Trinajstić information content (AvgIpc) is 3.10. The monoisotopic (exact) mass is 297 g/mol. The molecule has 0 bridgehead atoms. The Bertz CT molecular complexity index is 593.